The molecule has 1 aromatic carbocycles. The van der Waals surface area contributed by atoms with Crippen LogP contribution in [-0.4, -0.2) is 65.4 Å². The number of H-pyrrole nitrogens is 1. The lowest BCUT2D eigenvalue weighted by Crippen LogP contribution is -2.47. The van der Waals surface area contributed by atoms with Crippen LogP contribution < -0.4 is 15.8 Å². The van der Waals surface area contributed by atoms with Gasteiger partial charge < -0.3 is 15.2 Å². The lowest BCUT2D eigenvalue weighted by atomic mass is 10.0. The number of hydrogen-bond acceptors (Lipinski definition) is 7. The van der Waals surface area contributed by atoms with Crippen molar-refractivity contribution in [2.75, 3.05) is 38.1 Å². The first-order valence-corrected chi connectivity index (χ1v) is 11.7. The van der Waals surface area contributed by atoms with Gasteiger partial charge in [-0.05, 0) is 51.9 Å². The average molecular weight is 467 g/mol. The minimum atomic E-state index is -0.421. The highest BCUT2D eigenvalue weighted by Crippen LogP contribution is 2.28. The maximum Gasteiger partial charge on any atom is 0.269 e. The Bertz CT molecular complexity index is 1200. The number of piperazine rings is 1. The standard InChI is InChI=1S/C21H22FN5O2.C4H9N/c1-13-21(29)25-20-18(24-13)6-5-17(19(20)22)14(2)26-7-9-27(10-8-26)16-4-3-15(12-28)23-11-16;1-5-4-2-3-4/h3-6,11-12,14H,7-10H2,1-2H3,(H,25,29);4-5H,2-3H2,1H3. The third kappa shape index (κ3) is 5.31. The van der Waals surface area contributed by atoms with Gasteiger partial charge in [-0.25, -0.2) is 9.37 Å². The Labute approximate surface area is 198 Å². The second kappa shape index (κ2) is 10.4. The topological polar surface area (TPSA) is 94.2 Å². The Morgan fingerprint density at radius 1 is 1.18 bits per heavy atom. The summed E-state index contributed by atoms with van der Waals surface area (Å²) in [6.07, 6.45) is 5.23. The second-order valence-electron chi connectivity index (χ2n) is 8.84. The number of benzene rings is 1. The Kier molecular flexibility index (Phi) is 7.33. The van der Waals surface area contributed by atoms with Gasteiger partial charge >= 0.3 is 0 Å². The van der Waals surface area contributed by atoms with E-state index in [0.29, 0.717) is 22.5 Å². The molecule has 3 heterocycles. The predicted octanol–water partition coefficient (Wildman–Crippen LogP) is 2.83. The van der Waals surface area contributed by atoms with Gasteiger partial charge in [-0.2, -0.15) is 0 Å². The summed E-state index contributed by atoms with van der Waals surface area (Å²) in [4.78, 5) is 37.9. The number of rotatable bonds is 5. The number of aromatic amines is 1. The van der Waals surface area contributed by atoms with Crippen LogP contribution in [0.3, 0.4) is 0 Å². The zero-order valence-corrected chi connectivity index (χ0v) is 19.8. The molecule has 2 aromatic heterocycles. The fraction of sp³-hybridized carbons (Fsp3) is 0.440. The molecule has 0 amide bonds. The quantitative estimate of drug-likeness (QED) is 0.559. The summed E-state index contributed by atoms with van der Waals surface area (Å²) in [5.41, 5.74) is 2.49. The largest absolute Gasteiger partial charge is 0.368 e. The van der Waals surface area contributed by atoms with Gasteiger partial charge in [0.1, 0.15) is 16.9 Å². The van der Waals surface area contributed by atoms with E-state index < -0.39 is 5.82 Å². The van der Waals surface area contributed by atoms with E-state index in [4.69, 9.17) is 0 Å². The molecule has 0 radical (unpaired) electrons. The van der Waals surface area contributed by atoms with Crippen molar-refractivity contribution in [1.29, 1.82) is 0 Å². The Morgan fingerprint density at radius 2 is 1.91 bits per heavy atom. The van der Waals surface area contributed by atoms with Crippen molar-refractivity contribution in [3.8, 4) is 0 Å². The van der Waals surface area contributed by atoms with Crippen molar-refractivity contribution in [3.05, 3.63) is 63.6 Å². The van der Waals surface area contributed by atoms with Crippen molar-refractivity contribution in [3.63, 3.8) is 0 Å². The zero-order valence-electron chi connectivity index (χ0n) is 19.8. The molecule has 3 aromatic rings. The molecule has 1 saturated heterocycles. The zero-order chi connectivity index (χ0) is 24.2. The number of nitrogens with zero attached hydrogens (tertiary/aromatic N) is 4. The van der Waals surface area contributed by atoms with Crippen LogP contribution in [0.2, 0.25) is 0 Å². The molecular weight excluding hydrogens is 435 g/mol. The first-order chi connectivity index (χ1) is 16.4. The molecule has 1 unspecified atom stereocenters. The van der Waals surface area contributed by atoms with Crippen molar-refractivity contribution in [1.82, 2.24) is 25.2 Å². The molecule has 2 fully saturated rings. The molecule has 8 nitrogen and oxygen atoms in total. The molecule has 0 bridgehead atoms. The summed E-state index contributed by atoms with van der Waals surface area (Å²) >= 11 is 0. The molecule has 2 N–H and O–H groups in total. The van der Waals surface area contributed by atoms with Crippen LogP contribution in [0.4, 0.5) is 10.1 Å². The van der Waals surface area contributed by atoms with E-state index in [1.54, 1.807) is 31.3 Å². The van der Waals surface area contributed by atoms with Gasteiger partial charge in [0.15, 0.2) is 12.1 Å². The number of fused-ring (bicyclic) bond motifs is 1. The molecule has 2 aliphatic rings. The monoisotopic (exact) mass is 466 g/mol. The molecule has 180 valence electrons. The molecular formula is C25H31FN6O2. The smallest absolute Gasteiger partial charge is 0.269 e. The number of aromatic nitrogens is 3. The van der Waals surface area contributed by atoms with E-state index in [2.05, 4.69) is 30.1 Å². The van der Waals surface area contributed by atoms with Crippen LogP contribution in [0.5, 0.6) is 0 Å². The van der Waals surface area contributed by atoms with Crippen LogP contribution in [-0.2, 0) is 0 Å². The number of halogens is 1. The van der Waals surface area contributed by atoms with E-state index in [1.807, 2.05) is 20.0 Å². The first kappa shape index (κ1) is 24.0. The molecule has 9 heteroatoms. The first-order valence-electron chi connectivity index (χ1n) is 11.7. The Hall–Kier alpha value is -3.17. The lowest BCUT2D eigenvalue weighted by molar-refractivity contribution is 0.111. The molecule has 1 aliphatic carbocycles. The molecule has 34 heavy (non-hydrogen) atoms. The predicted molar refractivity (Wildman–Crippen MR) is 131 cm³/mol. The van der Waals surface area contributed by atoms with E-state index in [1.165, 1.54) is 12.8 Å². The molecule has 5 rings (SSSR count). The number of nitrogens with one attached hydrogen (secondary N) is 2. The number of carbonyl (C=O) groups is 1. The molecule has 1 atom stereocenters. The highest BCUT2D eigenvalue weighted by Gasteiger charge is 2.25. The summed E-state index contributed by atoms with van der Waals surface area (Å²) in [5, 5.41) is 3.14. The maximum atomic E-state index is 15.1. The minimum Gasteiger partial charge on any atom is -0.368 e. The SMILES string of the molecule is CNC1CC1.Cc1nc2ccc(C(C)N3CCN(c4ccc(C=O)nc4)CC3)c(F)c2[nH]c1=O. The van der Waals surface area contributed by atoms with Crippen LogP contribution in [0.15, 0.2) is 35.3 Å². The summed E-state index contributed by atoms with van der Waals surface area (Å²) in [7, 11) is 2.01. The number of aryl methyl sites for hydroxylation is 1. The van der Waals surface area contributed by atoms with Crippen LogP contribution >= 0.6 is 0 Å². The number of hydrogen-bond donors (Lipinski definition) is 2. The van der Waals surface area contributed by atoms with Crippen molar-refractivity contribution in [2.45, 2.75) is 38.8 Å². The third-order valence-corrected chi connectivity index (χ3v) is 6.56. The molecule has 0 spiro atoms. The van der Waals surface area contributed by atoms with E-state index in [0.717, 1.165) is 44.2 Å². The average Bonchev–Trinajstić information content (AvgIpc) is 3.71. The molecule has 1 saturated carbocycles. The fourth-order valence-corrected chi connectivity index (χ4v) is 4.14. The number of anilines is 1. The normalized spacial score (nSPS) is 17.2. The van der Waals surface area contributed by atoms with Gasteiger partial charge in [0.25, 0.3) is 5.56 Å². The van der Waals surface area contributed by atoms with E-state index >= 15 is 4.39 Å². The van der Waals surface area contributed by atoms with Gasteiger partial charge in [0.05, 0.1) is 17.4 Å². The summed E-state index contributed by atoms with van der Waals surface area (Å²) < 4.78 is 15.1. The summed E-state index contributed by atoms with van der Waals surface area (Å²) in [6, 6.07) is 7.85. The highest BCUT2D eigenvalue weighted by atomic mass is 19.1. The van der Waals surface area contributed by atoms with Gasteiger partial charge in [-0.15, -0.1) is 0 Å². The van der Waals surface area contributed by atoms with Crippen molar-refractivity contribution < 1.29 is 9.18 Å². The van der Waals surface area contributed by atoms with Gasteiger partial charge in [-0.1, -0.05) is 6.07 Å². The maximum absolute atomic E-state index is 15.1. The summed E-state index contributed by atoms with van der Waals surface area (Å²) in [5.74, 6) is -0.421. The molecule has 1 aliphatic heterocycles. The fourth-order valence-electron chi connectivity index (χ4n) is 4.14. The van der Waals surface area contributed by atoms with Gasteiger partial charge in [0, 0.05) is 43.8 Å². The lowest BCUT2D eigenvalue weighted by Gasteiger charge is -2.39. The van der Waals surface area contributed by atoms with E-state index in [9.17, 15) is 9.59 Å². The van der Waals surface area contributed by atoms with Gasteiger partial charge in [0.2, 0.25) is 0 Å². The van der Waals surface area contributed by atoms with Gasteiger partial charge in [-0.3, -0.25) is 19.5 Å². The van der Waals surface area contributed by atoms with E-state index in [-0.39, 0.29) is 17.1 Å². The van der Waals surface area contributed by atoms with Crippen molar-refractivity contribution in [2.24, 2.45) is 0 Å². The highest BCUT2D eigenvalue weighted by molar-refractivity contribution is 5.76. The van der Waals surface area contributed by atoms with Crippen LogP contribution in [0, 0.1) is 12.7 Å². The third-order valence-electron chi connectivity index (χ3n) is 6.56. The number of pyridine rings is 1. The second-order valence-corrected chi connectivity index (χ2v) is 8.84. The Morgan fingerprint density at radius 3 is 2.47 bits per heavy atom. The summed E-state index contributed by atoms with van der Waals surface area (Å²) in [6.45, 7) is 6.65. The minimum absolute atomic E-state index is 0.137. The number of carbonyl (C=O) groups excluding carboxylic acids is 1. The van der Waals surface area contributed by atoms with Crippen LogP contribution in [0.1, 0.15) is 47.6 Å². The Balaban J connectivity index is 0.000000486. The van der Waals surface area contributed by atoms with Crippen molar-refractivity contribution >= 4 is 23.0 Å². The van der Waals surface area contributed by atoms with Crippen LogP contribution in [0.25, 0.3) is 11.0 Å². The number of aldehydes is 1.